The molecule has 0 unspecified atom stereocenters. The van der Waals surface area contributed by atoms with Crippen molar-refractivity contribution in [3.63, 3.8) is 0 Å². The van der Waals surface area contributed by atoms with Crippen molar-refractivity contribution in [3.8, 4) is 0 Å². The molecule has 1 aromatic carbocycles. The zero-order chi connectivity index (χ0) is 15.0. The molecule has 2 aromatic rings. The van der Waals surface area contributed by atoms with Crippen LogP contribution in [0, 0.1) is 0 Å². The summed E-state index contributed by atoms with van der Waals surface area (Å²) in [7, 11) is 0. The molecule has 0 saturated carbocycles. The smallest absolute Gasteiger partial charge is 0.272 e. The third kappa shape index (κ3) is 2.76. The number of hydrogen-bond donors (Lipinski definition) is 2. The Kier molecular flexibility index (Phi) is 3.64. The Morgan fingerprint density at radius 1 is 1.38 bits per heavy atom. The minimum absolute atomic E-state index is 0.137. The second-order valence-corrected chi connectivity index (χ2v) is 5.98. The molecule has 0 fully saturated rings. The van der Waals surface area contributed by atoms with Crippen molar-refractivity contribution >= 4 is 28.9 Å². The van der Waals surface area contributed by atoms with Crippen molar-refractivity contribution < 1.29 is 4.79 Å². The lowest BCUT2D eigenvalue weighted by Gasteiger charge is -2.13. The molecule has 0 atom stereocenters. The number of halogens is 1. The quantitative estimate of drug-likeness (QED) is 0.902. The summed E-state index contributed by atoms with van der Waals surface area (Å²) in [5.74, 6) is -0.137. The van der Waals surface area contributed by atoms with Gasteiger partial charge in [0.15, 0.2) is 0 Å². The summed E-state index contributed by atoms with van der Waals surface area (Å²) < 4.78 is 1.88. The molecule has 110 valence electrons. The summed E-state index contributed by atoms with van der Waals surface area (Å²) in [5, 5.41) is 6.83. The minimum atomic E-state index is -0.137. The Labute approximate surface area is 129 Å². The van der Waals surface area contributed by atoms with Crippen LogP contribution in [-0.2, 0) is 6.42 Å². The van der Waals surface area contributed by atoms with Crippen molar-refractivity contribution in [2.45, 2.75) is 26.3 Å². The van der Waals surface area contributed by atoms with Gasteiger partial charge in [0.2, 0.25) is 0 Å². The van der Waals surface area contributed by atoms with Crippen LogP contribution in [0.5, 0.6) is 0 Å². The van der Waals surface area contributed by atoms with Gasteiger partial charge in [0.25, 0.3) is 5.91 Å². The normalized spacial score (nSPS) is 13.1. The summed E-state index contributed by atoms with van der Waals surface area (Å²) in [6, 6.07) is 7.83. The van der Waals surface area contributed by atoms with E-state index in [1.54, 1.807) is 12.3 Å². The van der Waals surface area contributed by atoms with Gasteiger partial charge in [-0.05, 0) is 50.1 Å². The van der Waals surface area contributed by atoms with Crippen LogP contribution in [0.2, 0.25) is 5.02 Å². The standard InChI is InChI=1S/C16H18ClN3O/c1-10(2)20-9-12(17)8-15(20)16(21)19-13-3-4-14-11(7-13)5-6-18-14/h3-4,7-10,18H,5-6H2,1-2H3,(H,19,21). The fourth-order valence-corrected chi connectivity index (χ4v) is 2.84. The molecule has 2 heterocycles. The van der Waals surface area contributed by atoms with Crippen LogP contribution < -0.4 is 10.6 Å². The third-order valence-corrected chi connectivity index (χ3v) is 3.88. The van der Waals surface area contributed by atoms with Crippen molar-refractivity contribution in [2.24, 2.45) is 0 Å². The van der Waals surface area contributed by atoms with Crippen molar-refractivity contribution in [3.05, 3.63) is 46.7 Å². The number of rotatable bonds is 3. The van der Waals surface area contributed by atoms with Gasteiger partial charge in [-0.2, -0.15) is 0 Å². The lowest BCUT2D eigenvalue weighted by molar-refractivity contribution is 0.101. The molecule has 5 heteroatoms. The van der Waals surface area contributed by atoms with Gasteiger partial charge in [0.05, 0.1) is 5.02 Å². The number of benzene rings is 1. The number of nitrogens with zero attached hydrogens (tertiary/aromatic N) is 1. The maximum atomic E-state index is 12.4. The highest BCUT2D eigenvalue weighted by atomic mass is 35.5. The first kappa shape index (κ1) is 14.0. The molecule has 1 amide bonds. The number of carbonyl (C=O) groups excluding carboxylic acids is 1. The van der Waals surface area contributed by atoms with Crippen LogP contribution in [0.15, 0.2) is 30.5 Å². The lowest BCUT2D eigenvalue weighted by Crippen LogP contribution is -2.17. The number of nitrogens with one attached hydrogen (secondary N) is 2. The molecule has 2 N–H and O–H groups in total. The minimum Gasteiger partial charge on any atom is -0.384 e. The van der Waals surface area contributed by atoms with Gasteiger partial charge in [-0.1, -0.05) is 11.6 Å². The SMILES string of the molecule is CC(C)n1cc(Cl)cc1C(=O)Nc1ccc2c(c1)CCN2. The van der Waals surface area contributed by atoms with Crippen LogP contribution >= 0.6 is 11.6 Å². The number of carbonyl (C=O) groups is 1. The Morgan fingerprint density at radius 3 is 2.95 bits per heavy atom. The molecule has 0 radical (unpaired) electrons. The van der Waals surface area contributed by atoms with Gasteiger partial charge >= 0.3 is 0 Å². The maximum Gasteiger partial charge on any atom is 0.272 e. The van der Waals surface area contributed by atoms with Gasteiger partial charge in [-0.25, -0.2) is 0 Å². The molecule has 0 spiro atoms. The first-order valence-corrected chi connectivity index (χ1v) is 7.48. The zero-order valence-electron chi connectivity index (χ0n) is 12.1. The first-order chi connectivity index (χ1) is 10.0. The monoisotopic (exact) mass is 303 g/mol. The van der Waals surface area contributed by atoms with Gasteiger partial charge in [0, 0.05) is 30.2 Å². The van der Waals surface area contributed by atoms with E-state index in [4.69, 9.17) is 11.6 Å². The predicted octanol–water partition coefficient (Wildman–Crippen LogP) is 3.94. The van der Waals surface area contributed by atoms with E-state index >= 15 is 0 Å². The zero-order valence-corrected chi connectivity index (χ0v) is 12.9. The third-order valence-electron chi connectivity index (χ3n) is 3.68. The lowest BCUT2D eigenvalue weighted by atomic mass is 10.1. The summed E-state index contributed by atoms with van der Waals surface area (Å²) in [5.41, 5.74) is 3.79. The Bertz CT molecular complexity index is 691. The molecule has 3 rings (SSSR count). The highest BCUT2D eigenvalue weighted by Gasteiger charge is 2.16. The van der Waals surface area contributed by atoms with Gasteiger partial charge in [-0.15, -0.1) is 0 Å². The Balaban J connectivity index is 1.83. The van der Waals surface area contributed by atoms with Crippen LogP contribution in [-0.4, -0.2) is 17.0 Å². The number of hydrogen-bond acceptors (Lipinski definition) is 2. The summed E-state index contributed by atoms with van der Waals surface area (Å²) >= 11 is 6.02. The van der Waals surface area contributed by atoms with E-state index in [0.29, 0.717) is 10.7 Å². The van der Waals surface area contributed by atoms with E-state index in [-0.39, 0.29) is 11.9 Å². The molecule has 21 heavy (non-hydrogen) atoms. The molecule has 1 aliphatic heterocycles. The summed E-state index contributed by atoms with van der Waals surface area (Å²) in [6.45, 7) is 5.00. The van der Waals surface area contributed by atoms with E-state index < -0.39 is 0 Å². The molecular formula is C16H18ClN3O. The second kappa shape index (κ2) is 5.45. The van der Waals surface area contributed by atoms with Gasteiger partial charge < -0.3 is 15.2 Å². The topological polar surface area (TPSA) is 46.1 Å². The van der Waals surface area contributed by atoms with Crippen molar-refractivity contribution in [1.82, 2.24) is 4.57 Å². The fourth-order valence-electron chi connectivity index (χ4n) is 2.63. The largest absolute Gasteiger partial charge is 0.384 e. The van der Waals surface area contributed by atoms with E-state index in [9.17, 15) is 4.79 Å². The molecule has 0 aliphatic carbocycles. The molecule has 1 aromatic heterocycles. The molecule has 4 nitrogen and oxygen atoms in total. The average Bonchev–Trinajstić information content (AvgIpc) is 3.04. The molecule has 1 aliphatic rings. The highest BCUT2D eigenvalue weighted by Crippen LogP contribution is 2.26. The van der Waals surface area contributed by atoms with E-state index in [2.05, 4.69) is 10.6 Å². The average molecular weight is 304 g/mol. The first-order valence-electron chi connectivity index (χ1n) is 7.10. The van der Waals surface area contributed by atoms with E-state index in [0.717, 1.165) is 24.3 Å². The highest BCUT2D eigenvalue weighted by molar-refractivity contribution is 6.31. The van der Waals surface area contributed by atoms with Gasteiger partial charge in [-0.3, -0.25) is 4.79 Å². The van der Waals surface area contributed by atoms with E-state index in [1.165, 1.54) is 5.56 Å². The maximum absolute atomic E-state index is 12.4. The molecular weight excluding hydrogens is 286 g/mol. The van der Waals surface area contributed by atoms with Crippen LogP contribution in [0.3, 0.4) is 0 Å². The van der Waals surface area contributed by atoms with Crippen molar-refractivity contribution in [2.75, 3.05) is 17.2 Å². The number of amides is 1. The summed E-state index contributed by atoms with van der Waals surface area (Å²) in [4.78, 5) is 12.4. The number of fused-ring (bicyclic) bond motifs is 1. The second-order valence-electron chi connectivity index (χ2n) is 5.55. The summed E-state index contributed by atoms with van der Waals surface area (Å²) in [6.07, 6.45) is 2.78. The molecule has 0 saturated heterocycles. The Morgan fingerprint density at radius 2 is 2.19 bits per heavy atom. The Hall–Kier alpha value is -1.94. The number of anilines is 2. The van der Waals surface area contributed by atoms with E-state index in [1.807, 2.05) is 36.6 Å². The fraction of sp³-hybridized carbons (Fsp3) is 0.312. The van der Waals surface area contributed by atoms with Crippen LogP contribution in [0.1, 0.15) is 35.9 Å². The predicted molar refractivity (Wildman–Crippen MR) is 86.4 cm³/mol. The van der Waals surface area contributed by atoms with Gasteiger partial charge in [0.1, 0.15) is 5.69 Å². The van der Waals surface area contributed by atoms with Crippen molar-refractivity contribution in [1.29, 1.82) is 0 Å². The molecule has 0 bridgehead atoms. The van der Waals surface area contributed by atoms with Crippen LogP contribution in [0.25, 0.3) is 0 Å². The van der Waals surface area contributed by atoms with Crippen LogP contribution in [0.4, 0.5) is 11.4 Å². The number of aromatic nitrogens is 1.